The van der Waals surface area contributed by atoms with Crippen molar-refractivity contribution in [2.45, 2.75) is 19.1 Å². The summed E-state index contributed by atoms with van der Waals surface area (Å²) in [7, 11) is -1.46. The third-order valence-corrected chi connectivity index (χ3v) is 9.25. The fourth-order valence-corrected chi connectivity index (χ4v) is 7.41. The summed E-state index contributed by atoms with van der Waals surface area (Å²) in [6, 6.07) is 23.3. The van der Waals surface area contributed by atoms with E-state index in [1.165, 1.54) is 22.8 Å². The van der Waals surface area contributed by atoms with E-state index < -0.39 is 8.07 Å². The molecule has 0 N–H and O–H groups in total. The van der Waals surface area contributed by atoms with Crippen LogP contribution in [0.2, 0.25) is 19.1 Å². The first kappa shape index (κ1) is 15.2. The van der Waals surface area contributed by atoms with Gasteiger partial charge in [-0.3, -0.25) is 0 Å². The highest BCUT2D eigenvalue weighted by Gasteiger charge is 2.20. The molecule has 0 atom stereocenters. The van der Waals surface area contributed by atoms with E-state index in [0.29, 0.717) is 0 Å². The number of benzene rings is 2. The van der Waals surface area contributed by atoms with Crippen molar-refractivity contribution < 1.29 is 0 Å². The predicted molar refractivity (Wildman–Crippen MR) is 96.4 cm³/mol. The fourth-order valence-electron chi connectivity index (χ4n) is 2.13. The maximum atomic E-state index is 4.02. The van der Waals surface area contributed by atoms with E-state index in [9.17, 15) is 0 Å². The first-order valence-electron chi connectivity index (χ1n) is 7.14. The van der Waals surface area contributed by atoms with Gasteiger partial charge in [0.05, 0.1) is 8.07 Å². The van der Waals surface area contributed by atoms with E-state index in [4.69, 9.17) is 0 Å². The first-order valence-corrected chi connectivity index (χ1v) is 11.9. The molecule has 0 aromatic heterocycles. The van der Waals surface area contributed by atoms with Crippen LogP contribution in [0.5, 0.6) is 0 Å². The Hall–Kier alpha value is -1.17. The molecule has 20 heavy (non-hydrogen) atoms. The zero-order valence-electron chi connectivity index (χ0n) is 12.4. The molecule has 2 aromatic rings. The van der Waals surface area contributed by atoms with Crippen molar-refractivity contribution in [2.24, 2.45) is 0 Å². The molecule has 0 unspecified atom stereocenters. The average Bonchev–Trinajstić information content (AvgIpc) is 2.49. The number of hydrogen-bond acceptors (Lipinski definition) is 0. The highest BCUT2D eigenvalue weighted by molar-refractivity contribution is 7.73. The minimum absolute atomic E-state index is 0.234. The molecule has 0 saturated heterocycles. The molecular formula is C18H23PSi. The lowest BCUT2D eigenvalue weighted by atomic mass is 10.4. The van der Waals surface area contributed by atoms with Crippen molar-refractivity contribution in [1.29, 1.82) is 0 Å². The first-order chi connectivity index (χ1) is 9.62. The summed E-state index contributed by atoms with van der Waals surface area (Å²) in [5.41, 5.74) is 2.22. The highest BCUT2D eigenvalue weighted by atomic mass is 31.1. The molecule has 0 aliphatic heterocycles. The lowest BCUT2D eigenvalue weighted by molar-refractivity contribution is 1.39. The summed E-state index contributed by atoms with van der Waals surface area (Å²) in [5.74, 6) is 0. The van der Waals surface area contributed by atoms with Crippen molar-refractivity contribution in [3.63, 3.8) is 0 Å². The highest BCUT2D eigenvalue weighted by Crippen LogP contribution is 2.36. The van der Waals surface area contributed by atoms with Crippen molar-refractivity contribution in [3.8, 4) is 0 Å². The van der Waals surface area contributed by atoms with Crippen molar-refractivity contribution >= 4 is 26.6 Å². The molecule has 2 heteroatoms. The summed E-state index contributed by atoms with van der Waals surface area (Å²) >= 11 is 0. The Morgan fingerprint density at radius 3 is 1.75 bits per heavy atom. The zero-order valence-corrected chi connectivity index (χ0v) is 14.3. The Kier molecular flexibility index (Phi) is 5.34. The second-order valence-electron chi connectivity index (χ2n) is 5.77. The SMILES string of the molecule is C=C[Si](C)(C)CCP(c1ccccc1)c1ccccc1. The Balaban J connectivity index is 2.24. The second kappa shape index (κ2) is 7.01. The van der Waals surface area contributed by atoms with Gasteiger partial charge in [-0.05, 0) is 30.7 Å². The molecule has 0 radical (unpaired) electrons. The monoisotopic (exact) mass is 298 g/mol. The number of hydrogen-bond donors (Lipinski definition) is 0. The van der Waals surface area contributed by atoms with Gasteiger partial charge in [0.1, 0.15) is 0 Å². The minimum atomic E-state index is -1.23. The molecule has 0 heterocycles. The summed E-state index contributed by atoms with van der Waals surface area (Å²) in [4.78, 5) is 0. The van der Waals surface area contributed by atoms with Crippen LogP contribution in [0.15, 0.2) is 72.9 Å². The van der Waals surface area contributed by atoms with Crippen LogP contribution < -0.4 is 10.6 Å². The second-order valence-corrected chi connectivity index (χ2v) is 13.0. The lowest BCUT2D eigenvalue weighted by Gasteiger charge is -2.23. The van der Waals surface area contributed by atoms with Gasteiger partial charge in [0.25, 0.3) is 0 Å². The minimum Gasteiger partial charge on any atom is -0.107 e. The van der Waals surface area contributed by atoms with Gasteiger partial charge in [0, 0.05) is 0 Å². The van der Waals surface area contributed by atoms with Gasteiger partial charge in [-0.1, -0.05) is 73.8 Å². The average molecular weight is 298 g/mol. The molecule has 0 nitrogen and oxygen atoms in total. The molecule has 0 amide bonds. The maximum absolute atomic E-state index is 4.02. The molecule has 0 aliphatic rings. The van der Waals surface area contributed by atoms with Crippen LogP contribution >= 0.6 is 7.92 Å². The van der Waals surface area contributed by atoms with Crippen molar-refractivity contribution in [2.75, 3.05) is 6.16 Å². The Labute approximate surface area is 125 Å². The summed E-state index contributed by atoms with van der Waals surface area (Å²) in [5, 5.41) is 2.98. The summed E-state index contributed by atoms with van der Waals surface area (Å²) in [6.45, 7) is 8.84. The van der Waals surface area contributed by atoms with Crippen LogP contribution in [-0.2, 0) is 0 Å². The Bertz CT molecular complexity index is 494. The molecule has 0 spiro atoms. The molecule has 2 aromatic carbocycles. The van der Waals surface area contributed by atoms with Crippen LogP contribution in [0, 0.1) is 0 Å². The Morgan fingerprint density at radius 2 is 1.35 bits per heavy atom. The smallest absolute Gasteiger partial charge is 0.0713 e. The third kappa shape index (κ3) is 4.16. The Morgan fingerprint density at radius 1 is 0.900 bits per heavy atom. The van der Waals surface area contributed by atoms with Gasteiger partial charge in [0.2, 0.25) is 0 Å². The molecule has 0 aliphatic carbocycles. The molecule has 0 fully saturated rings. The van der Waals surface area contributed by atoms with Gasteiger partial charge in [-0.2, -0.15) is 0 Å². The normalized spacial score (nSPS) is 11.6. The van der Waals surface area contributed by atoms with Crippen molar-refractivity contribution in [1.82, 2.24) is 0 Å². The molecule has 104 valence electrons. The molecule has 0 bridgehead atoms. The van der Waals surface area contributed by atoms with E-state index in [1.54, 1.807) is 0 Å². The summed E-state index contributed by atoms with van der Waals surface area (Å²) in [6.07, 6.45) is 1.27. The van der Waals surface area contributed by atoms with Crippen LogP contribution in [-0.4, -0.2) is 14.2 Å². The third-order valence-electron chi connectivity index (χ3n) is 3.67. The van der Waals surface area contributed by atoms with Crippen LogP contribution in [0.3, 0.4) is 0 Å². The van der Waals surface area contributed by atoms with E-state index in [1.807, 2.05) is 0 Å². The van der Waals surface area contributed by atoms with E-state index in [-0.39, 0.29) is 7.92 Å². The van der Waals surface area contributed by atoms with Gasteiger partial charge < -0.3 is 0 Å². The fraction of sp³-hybridized carbons (Fsp3) is 0.222. The van der Waals surface area contributed by atoms with Crippen molar-refractivity contribution in [3.05, 3.63) is 72.9 Å². The largest absolute Gasteiger partial charge is 0.107 e. The van der Waals surface area contributed by atoms with E-state index in [0.717, 1.165) is 0 Å². The van der Waals surface area contributed by atoms with Crippen LogP contribution in [0.25, 0.3) is 0 Å². The van der Waals surface area contributed by atoms with Gasteiger partial charge >= 0.3 is 0 Å². The zero-order chi connectivity index (χ0) is 14.4. The maximum Gasteiger partial charge on any atom is 0.0713 e. The van der Waals surface area contributed by atoms with Crippen LogP contribution in [0.4, 0.5) is 0 Å². The van der Waals surface area contributed by atoms with E-state index in [2.05, 4.69) is 86.0 Å². The molecule has 2 rings (SSSR count). The molecule has 0 saturated carbocycles. The standard InChI is InChI=1S/C18H23PSi/c1-4-20(2,3)16-15-19(17-11-7-5-8-12-17)18-13-9-6-10-14-18/h4-14H,1,15-16H2,2-3H3. The van der Waals surface area contributed by atoms with Crippen LogP contribution in [0.1, 0.15) is 0 Å². The number of rotatable bonds is 6. The van der Waals surface area contributed by atoms with Gasteiger partial charge in [0.15, 0.2) is 0 Å². The predicted octanol–water partition coefficient (Wildman–Crippen LogP) is 4.55. The quantitative estimate of drug-likeness (QED) is 0.542. The van der Waals surface area contributed by atoms with Gasteiger partial charge in [-0.15, -0.1) is 12.3 Å². The summed E-state index contributed by atoms with van der Waals surface area (Å²) < 4.78 is 0. The molecular weight excluding hydrogens is 275 g/mol. The van der Waals surface area contributed by atoms with E-state index >= 15 is 0 Å². The topological polar surface area (TPSA) is 0 Å². The lowest BCUT2D eigenvalue weighted by Crippen LogP contribution is -2.25. The van der Waals surface area contributed by atoms with Gasteiger partial charge in [-0.25, -0.2) is 0 Å².